The topological polar surface area (TPSA) is 60.2 Å². The van der Waals surface area contributed by atoms with Crippen LogP contribution in [0.1, 0.15) is 26.3 Å². The Bertz CT molecular complexity index is 2060. The molecule has 0 aliphatic heterocycles. The molecule has 0 fully saturated rings. The molecule has 6 heteroatoms. The first-order valence-corrected chi connectivity index (χ1v) is 13.7. The van der Waals surface area contributed by atoms with Crippen LogP contribution in [-0.4, -0.2) is 19.6 Å². The van der Waals surface area contributed by atoms with Gasteiger partial charge in [-0.05, 0) is 63.9 Å². The van der Waals surface area contributed by atoms with Crippen molar-refractivity contribution in [2.45, 2.75) is 26.2 Å². The van der Waals surface area contributed by atoms with Gasteiger partial charge in [0.05, 0.1) is 0 Å². The standard InChI is InChI=1S/C36H28N3O2.Pt/c1-36(2,3)24-13-11-23(12-14-24)26-17-19-32(40)35-29(26)18-20-34(38-35)41-25-15-16-28-27-8-4-5-9-30(27)39(31(28)22-25)33-10-6-7-21-37-33;/h4-21,40H,1-3H3;/q-1;. The summed E-state index contributed by atoms with van der Waals surface area (Å²) in [6, 6.07) is 37.5. The van der Waals surface area contributed by atoms with Crippen LogP contribution in [0.2, 0.25) is 0 Å². The van der Waals surface area contributed by atoms with Crippen LogP contribution >= 0.6 is 0 Å². The fourth-order valence-electron chi connectivity index (χ4n) is 5.41. The number of pyridine rings is 2. The number of rotatable bonds is 4. The molecule has 0 amide bonds. The monoisotopic (exact) mass is 729 g/mol. The van der Waals surface area contributed by atoms with Crippen LogP contribution in [-0.2, 0) is 26.5 Å². The number of benzene rings is 4. The number of nitrogens with zero attached hydrogens (tertiary/aromatic N) is 3. The van der Waals surface area contributed by atoms with Crippen LogP contribution in [0.4, 0.5) is 0 Å². The van der Waals surface area contributed by atoms with Gasteiger partial charge in [-0.15, -0.1) is 17.5 Å². The van der Waals surface area contributed by atoms with Gasteiger partial charge in [-0.3, -0.25) is 0 Å². The number of phenols is 1. The van der Waals surface area contributed by atoms with Crippen molar-refractivity contribution in [3.63, 3.8) is 0 Å². The van der Waals surface area contributed by atoms with E-state index < -0.39 is 0 Å². The zero-order valence-corrected chi connectivity index (χ0v) is 25.7. The molecule has 4 aromatic carbocycles. The van der Waals surface area contributed by atoms with E-state index in [0.29, 0.717) is 17.1 Å². The Balaban J connectivity index is 0.00000316. The molecule has 3 aromatic heterocycles. The van der Waals surface area contributed by atoms with Crippen molar-refractivity contribution in [3.05, 3.63) is 121 Å². The maximum atomic E-state index is 10.7. The second-order valence-corrected chi connectivity index (χ2v) is 11.2. The minimum atomic E-state index is 0. The Labute approximate surface area is 258 Å². The molecule has 0 bridgehead atoms. The number of ether oxygens (including phenoxy) is 1. The third kappa shape index (κ3) is 4.84. The number of fused-ring (bicyclic) bond motifs is 4. The summed E-state index contributed by atoms with van der Waals surface area (Å²) >= 11 is 0. The third-order valence-electron chi connectivity index (χ3n) is 7.52. The van der Waals surface area contributed by atoms with Crippen LogP contribution in [0.25, 0.3) is 49.7 Å². The fourth-order valence-corrected chi connectivity index (χ4v) is 5.41. The Morgan fingerprint density at radius 2 is 1.52 bits per heavy atom. The molecule has 0 aliphatic carbocycles. The van der Waals surface area contributed by atoms with E-state index in [1.54, 1.807) is 12.3 Å². The second kappa shape index (κ2) is 10.7. The fraction of sp³-hybridized carbons (Fsp3) is 0.111. The smallest absolute Gasteiger partial charge is 0.217 e. The summed E-state index contributed by atoms with van der Waals surface area (Å²) in [5.41, 5.74) is 5.83. The number of hydrogen-bond donors (Lipinski definition) is 1. The van der Waals surface area contributed by atoms with Crippen LogP contribution in [0.3, 0.4) is 0 Å². The number of aromatic hydroxyl groups is 1. The maximum absolute atomic E-state index is 10.7. The third-order valence-corrected chi connectivity index (χ3v) is 7.52. The predicted molar refractivity (Wildman–Crippen MR) is 165 cm³/mol. The molecule has 0 spiro atoms. The molecule has 0 saturated carbocycles. The van der Waals surface area contributed by atoms with Gasteiger partial charge in [0.2, 0.25) is 5.88 Å². The summed E-state index contributed by atoms with van der Waals surface area (Å²) in [6.07, 6.45) is 1.79. The molecule has 0 saturated heterocycles. The van der Waals surface area contributed by atoms with E-state index in [9.17, 15) is 5.11 Å². The van der Waals surface area contributed by atoms with Crippen molar-refractivity contribution in [2.75, 3.05) is 0 Å². The predicted octanol–water partition coefficient (Wildman–Crippen LogP) is 8.99. The molecule has 42 heavy (non-hydrogen) atoms. The average molecular weight is 730 g/mol. The quantitative estimate of drug-likeness (QED) is 0.184. The first kappa shape index (κ1) is 27.7. The van der Waals surface area contributed by atoms with E-state index in [0.717, 1.165) is 44.1 Å². The summed E-state index contributed by atoms with van der Waals surface area (Å²) < 4.78 is 8.32. The van der Waals surface area contributed by atoms with E-state index in [-0.39, 0.29) is 32.2 Å². The molecular formula is C36H28N3O2Pt-. The van der Waals surface area contributed by atoms with Gasteiger partial charge >= 0.3 is 0 Å². The van der Waals surface area contributed by atoms with Crippen LogP contribution in [0.15, 0.2) is 109 Å². The summed E-state index contributed by atoms with van der Waals surface area (Å²) in [4.78, 5) is 9.30. The molecule has 5 nitrogen and oxygen atoms in total. The van der Waals surface area contributed by atoms with Crippen LogP contribution < -0.4 is 4.74 Å². The van der Waals surface area contributed by atoms with Crippen molar-refractivity contribution < 1.29 is 30.9 Å². The summed E-state index contributed by atoms with van der Waals surface area (Å²) in [7, 11) is 0. The molecule has 7 aromatic rings. The number of aromatic nitrogens is 3. The Kier molecular flexibility index (Phi) is 7.08. The maximum Gasteiger partial charge on any atom is 0.217 e. The minimum absolute atomic E-state index is 0. The molecular weight excluding hydrogens is 701 g/mol. The van der Waals surface area contributed by atoms with E-state index in [1.165, 1.54) is 5.56 Å². The van der Waals surface area contributed by atoms with Gasteiger partial charge in [0, 0.05) is 50.0 Å². The van der Waals surface area contributed by atoms with E-state index in [2.05, 4.69) is 72.8 Å². The van der Waals surface area contributed by atoms with Gasteiger partial charge in [-0.2, -0.15) is 6.07 Å². The van der Waals surface area contributed by atoms with E-state index in [4.69, 9.17) is 9.72 Å². The molecule has 0 radical (unpaired) electrons. The number of hydrogen-bond acceptors (Lipinski definition) is 4. The van der Waals surface area contributed by atoms with Gasteiger partial charge in [-0.25, -0.2) is 9.97 Å². The molecule has 0 unspecified atom stereocenters. The zero-order chi connectivity index (χ0) is 28.1. The normalized spacial score (nSPS) is 11.6. The van der Waals surface area contributed by atoms with Crippen molar-refractivity contribution in [2.24, 2.45) is 0 Å². The van der Waals surface area contributed by atoms with Crippen LogP contribution in [0.5, 0.6) is 17.4 Å². The van der Waals surface area contributed by atoms with Crippen molar-refractivity contribution >= 4 is 32.7 Å². The summed E-state index contributed by atoms with van der Waals surface area (Å²) in [5.74, 6) is 1.82. The molecule has 7 rings (SSSR count). The number of phenolic OH excluding ortho intramolecular Hbond substituents is 1. The Morgan fingerprint density at radius 1 is 0.762 bits per heavy atom. The van der Waals surface area contributed by atoms with Gasteiger partial charge in [-0.1, -0.05) is 74.8 Å². The minimum Gasteiger partial charge on any atom is -0.506 e. The molecule has 210 valence electrons. The zero-order valence-electron chi connectivity index (χ0n) is 23.4. The molecule has 0 aliphatic rings. The van der Waals surface area contributed by atoms with Gasteiger partial charge in [0.15, 0.2) is 0 Å². The molecule has 0 atom stereocenters. The number of para-hydroxylation sites is 1. The Hall–Kier alpha value is -4.47. The Morgan fingerprint density at radius 3 is 2.29 bits per heavy atom. The average Bonchev–Trinajstić information content (AvgIpc) is 3.31. The van der Waals surface area contributed by atoms with Gasteiger partial charge < -0.3 is 14.4 Å². The van der Waals surface area contributed by atoms with Crippen molar-refractivity contribution in [1.82, 2.24) is 14.5 Å². The molecule has 1 N–H and O–H groups in total. The van der Waals surface area contributed by atoms with Crippen LogP contribution in [0, 0.1) is 6.07 Å². The second-order valence-electron chi connectivity index (χ2n) is 11.2. The summed E-state index contributed by atoms with van der Waals surface area (Å²) in [5, 5.41) is 13.8. The van der Waals surface area contributed by atoms with E-state index in [1.807, 2.05) is 60.7 Å². The van der Waals surface area contributed by atoms with Crippen molar-refractivity contribution in [1.29, 1.82) is 0 Å². The van der Waals surface area contributed by atoms with E-state index >= 15 is 0 Å². The largest absolute Gasteiger partial charge is 0.506 e. The first-order chi connectivity index (χ1) is 19.9. The van der Waals surface area contributed by atoms with Crippen molar-refractivity contribution in [3.8, 4) is 34.3 Å². The SMILES string of the molecule is CC(C)(C)c1ccc(-c2ccc(O)c3nc(Oc4[c-]c5c(cc4)c4ccccc4n5-c4ccccn4)ccc23)cc1.[Pt]. The molecule has 3 heterocycles. The van der Waals surface area contributed by atoms with Gasteiger partial charge in [0.25, 0.3) is 0 Å². The van der Waals surface area contributed by atoms with Gasteiger partial charge in [0.1, 0.15) is 17.1 Å². The first-order valence-electron chi connectivity index (χ1n) is 13.7. The summed E-state index contributed by atoms with van der Waals surface area (Å²) in [6.45, 7) is 6.62.